The largest absolute Gasteiger partial charge is 0.496 e. The van der Waals surface area contributed by atoms with Crippen molar-refractivity contribution in [3.63, 3.8) is 0 Å². The first-order chi connectivity index (χ1) is 13.3. The van der Waals surface area contributed by atoms with Gasteiger partial charge in [0.25, 0.3) is 5.91 Å². The molecule has 0 radical (unpaired) electrons. The van der Waals surface area contributed by atoms with E-state index < -0.39 is 0 Å². The van der Waals surface area contributed by atoms with E-state index in [2.05, 4.69) is 29.2 Å². The third kappa shape index (κ3) is 2.69. The molecule has 1 amide bonds. The van der Waals surface area contributed by atoms with Crippen LogP contribution in [0.3, 0.4) is 0 Å². The second-order valence-electron chi connectivity index (χ2n) is 7.14. The zero-order chi connectivity index (χ0) is 18.4. The number of methoxy groups -OCH3 is 1. The lowest BCUT2D eigenvalue weighted by Crippen LogP contribution is -2.22. The van der Waals surface area contributed by atoms with Gasteiger partial charge in [0.2, 0.25) is 0 Å². The molecule has 0 bridgehead atoms. The van der Waals surface area contributed by atoms with Crippen LogP contribution in [-0.4, -0.2) is 18.0 Å². The Balaban J connectivity index is 1.53. The van der Waals surface area contributed by atoms with E-state index in [4.69, 9.17) is 4.74 Å². The van der Waals surface area contributed by atoms with E-state index in [0.717, 1.165) is 33.8 Å². The van der Waals surface area contributed by atoms with Gasteiger partial charge in [-0.05, 0) is 54.7 Å². The van der Waals surface area contributed by atoms with Gasteiger partial charge < -0.3 is 9.64 Å². The number of pyridine rings is 1. The van der Waals surface area contributed by atoms with E-state index in [1.54, 1.807) is 13.3 Å². The molecule has 0 unspecified atom stereocenters. The van der Waals surface area contributed by atoms with Crippen LogP contribution >= 0.6 is 0 Å². The summed E-state index contributed by atoms with van der Waals surface area (Å²) in [6.45, 7) is 0.526. The molecule has 0 N–H and O–H groups in total. The Morgan fingerprint density at radius 3 is 2.52 bits per heavy atom. The molecular formula is C23H20N2O2. The fourth-order valence-electron chi connectivity index (χ4n) is 3.85. The fraction of sp³-hybridized carbons (Fsp3) is 0.217. The fourth-order valence-corrected chi connectivity index (χ4v) is 3.85. The first-order valence-electron chi connectivity index (χ1n) is 9.29. The highest BCUT2D eigenvalue weighted by Gasteiger charge is 2.32. The lowest BCUT2D eigenvalue weighted by molar-refractivity contribution is 0.0996. The lowest BCUT2D eigenvalue weighted by atomic mass is 10.0. The van der Waals surface area contributed by atoms with Crippen LogP contribution in [0.2, 0.25) is 0 Å². The van der Waals surface area contributed by atoms with Crippen LogP contribution in [0, 0.1) is 0 Å². The summed E-state index contributed by atoms with van der Waals surface area (Å²) in [5.74, 6) is 1.51. The second kappa shape index (κ2) is 6.23. The summed E-state index contributed by atoms with van der Waals surface area (Å²) >= 11 is 0. The SMILES string of the molecule is COc1ccccc1-c1nccc2c1CN(c1ccc(C3CC3)cc1)C2=O. The van der Waals surface area contributed by atoms with E-state index in [1.165, 1.54) is 18.4 Å². The molecule has 0 spiro atoms. The van der Waals surface area contributed by atoms with Crippen molar-refractivity contribution in [1.82, 2.24) is 4.98 Å². The maximum Gasteiger partial charge on any atom is 0.259 e. The van der Waals surface area contributed by atoms with Crippen molar-refractivity contribution in [2.45, 2.75) is 25.3 Å². The Hall–Kier alpha value is -3.14. The van der Waals surface area contributed by atoms with Crippen LogP contribution in [-0.2, 0) is 6.54 Å². The highest BCUT2D eigenvalue weighted by atomic mass is 16.5. The van der Waals surface area contributed by atoms with Crippen LogP contribution in [0.5, 0.6) is 5.75 Å². The van der Waals surface area contributed by atoms with Crippen LogP contribution in [0.25, 0.3) is 11.3 Å². The predicted molar refractivity (Wildman–Crippen MR) is 105 cm³/mol. The van der Waals surface area contributed by atoms with Gasteiger partial charge in [-0.25, -0.2) is 0 Å². The molecule has 4 nitrogen and oxygen atoms in total. The third-order valence-electron chi connectivity index (χ3n) is 5.46. The van der Waals surface area contributed by atoms with Crippen molar-refractivity contribution < 1.29 is 9.53 Å². The summed E-state index contributed by atoms with van der Waals surface area (Å²) in [6, 6.07) is 18.1. The Kier molecular flexibility index (Phi) is 3.71. The minimum Gasteiger partial charge on any atom is -0.496 e. The van der Waals surface area contributed by atoms with Gasteiger partial charge in [-0.3, -0.25) is 9.78 Å². The number of ether oxygens (including phenoxy) is 1. The molecule has 1 saturated carbocycles. The van der Waals surface area contributed by atoms with Gasteiger partial charge in [0.05, 0.1) is 19.3 Å². The van der Waals surface area contributed by atoms with Gasteiger partial charge in [-0.15, -0.1) is 0 Å². The van der Waals surface area contributed by atoms with E-state index in [0.29, 0.717) is 12.5 Å². The summed E-state index contributed by atoms with van der Waals surface area (Å²) < 4.78 is 5.50. The monoisotopic (exact) mass is 356 g/mol. The molecule has 2 aromatic carbocycles. The Morgan fingerprint density at radius 2 is 1.78 bits per heavy atom. The number of carbonyl (C=O) groups excluding carboxylic acids is 1. The highest BCUT2D eigenvalue weighted by Crippen LogP contribution is 2.41. The summed E-state index contributed by atoms with van der Waals surface area (Å²) in [6.07, 6.45) is 4.26. The number of anilines is 1. The van der Waals surface area contributed by atoms with Crippen molar-refractivity contribution in [3.8, 4) is 17.0 Å². The second-order valence-corrected chi connectivity index (χ2v) is 7.14. The van der Waals surface area contributed by atoms with Crippen LogP contribution in [0.4, 0.5) is 5.69 Å². The van der Waals surface area contributed by atoms with E-state index in [9.17, 15) is 4.79 Å². The zero-order valence-corrected chi connectivity index (χ0v) is 15.2. The van der Waals surface area contributed by atoms with Crippen LogP contribution in [0.1, 0.15) is 40.2 Å². The Labute approximate surface area is 158 Å². The molecule has 2 aliphatic rings. The molecular weight excluding hydrogens is 336 g/mol. The molecule has 1 aliphatic heterocycles. The molecule has 134 valence electrons. The molecule has 1 aliphatic carbocycles. The molecule has 5 rings (SSSR count). The van der Waals surface area contributed by atoms with Crippen molar-refractivity contribution in [3.05, 3.63) is 77.5 Å². The average Bonchev–Trinajstić information content (AvgIpc) is 3.52. The molecule has 27 heavy (non-hydrogen) atoms. The lowest BCUT2D eigenvalue weighted by Gasteiger charge is -2.16. The number of carbonyl (C=O) groups is 1. The number of nitrogens with zero attached hydrogens (tertiary/aromatic N) is 2. The summed E-state index contributed by atoms with van der Waals surface area (Å²) in [5, 5.41) is 0. The van der Waals surface area contributed by atoms with Gasteiger partial charge >= 0.3 is 0 Å². The van der Waals surface area contributed by atoms with Crippen LogP contribution in [0.15, 0.2) is 60.8 Å². The standard InChI is InChI=1S/C23H20N2O2/c1-27-21-5-3-2-4-19(21)22-20-14-25(23(26)18(20)12-13-24-22)17-10-8-16(9-11-17)15-6-7-15/h2-5,8-13,15H,6-7,14H2,1H3. The van der Waals surface area contributed by atoms with Gasteiger partial charge in [-0.2, -0.15) is 0 Å². The van der Waals surface area contributed by atoms with Crippen molar-refractivity contribution in [2.24, 2.45) is 0 Å². The molecule has 4 heteroatoms. The minimum absolute atomic E-state index is 0.0303. The van der Waals surface area contributed by atoms with E-state index >= 15 is 0 Å². The number of para-hydroxylation sites is 1. The quantitative estimate of drug-likeness (QED) is 0.675. The average molecular weight is 356 g/mol. The van der Waals surface area contributed by atoms with Gasteiger partial charge in [0, 0.05) is 28.6 Å². The first-order valence-corrected chi connectivity index (χ1v) is 9.29. The van der Waals surface area contributed by atoms with Crippen molar-refractivity contribution in [1.29, 1.82) is 0 Å². The Morgan fingerprint density at radius 1 is 1.00 bits per heavy atom. The van der Waals surface area contributed by atoms with E-state index in [1.807, 2.05) is 35.2 Å². The first kappa shape index (κ1) is 16.1. The van der Waals surface area contributed by atoms with Crippen molar-refractivity contribution in [2.75, 3.05) is 12.0 Å². The summed E-state index contributed by atoms with van der Waals surface area (Å²) in [5.41, 5.74) is 5.72. The van der Waals surface area contributed by atoms with E-state index in [-0.39, 0.29) is 5.91 Å². The number of amides is 1. The maximum absolute atomic E-state index is 13.0. The molecule has 3 aromatic rings. The number of fused-ring (bicyclic) bond motifs is 1. The topological polar surface area (TPSA) is 42.4 Å². The zero-order valence-electron chi connectivity index (χ0n) is 15.2. The van der Waals surface area contributed by atoms with Gasteiger partial charge in [0.15, 0.2) is 0 Å². The number of benzene rings is 2. The highest BCUT2D eigenvalue weighted by molar-refractivity contribution is 6.11. The summed E-state index contributed by atoms with van der Waals surface area (Å²) in [4.78, 5) is 19.4. The van der Waals surface area contributed by atoms with Crippen molar-refractivity contribution >= 4 is 11.6 Å². The number of aromatic nitrogens is 1. The van der Waals surface area contributed by atoms with Crippen LogP contribution < -0.4 is 9.64 Å². The normalized spacial score (nSPS) is 15.7. The van der Waals surface area contributed by atoms with Gasteiger partial charge in [0.1, 0.15) is 5.75 Å². The number of hydrogen-bond donors (Lipinski definition) is 0. The smallest absolute Gasteiger partial charge is 0.259 e. The third-order valence-corrected chi connectivity index (χ3v) is 5.46. The minimum atomic E-state index is 0.0303. The summed E-state index contributed by atoms with van der Waals surface area (Å²) in [7, 11) is 1.65. The molecule has 1 aromatic heterocycles. The molecule has 0 atom stereocenters. The molecule has 0 saturated heterocycles. The van der Waals surface area contributed by atoms with Gasteiger partial charge in [-0.1, -0.05) is 24.3 Å². The number of hydrogen-bond acceptors (Lipinski definition) is 3. The molecule has 2 heterocycles. The Bertz CT molecular complexity index is 1020. The molecule has 1 fully saturated rings. The predicted octanol–water partition coefficient (Wildman–Crippen LogP) is 4.80. The maximum atomic E-state index is 13.0. The number of rotatable bonds is 4.